The minimum Gasteiger partial charge on any atom is -0.406 e. The summed E-state index contributed by atoms with van der Waals surface area (Å²) >= 11 is 0. The van der Waals surface area contributed by atoms with Crippen molar-refractivity contribution < 1.29 is 27.1 Å². The second-order valence-corrected chi connectivity index (χ2v) is 2.97. The van der Waals surface area contributed by atoms with Crippen LogP contribution in [0.25, 0.3) is 0 Å². The first-order valence-corrected chi connectivity index (χ1v) is 4.42. The van der Waals surface area contributed by atoms with Crippen molar-refractivity contribution in [3.05, 3.63) is 29.6 Å². The van der Waals surface area contributed by atoms with Crippen LogP contribution in [0.5, 0.6) is 5.75 Å². The van der Waals surface area contributed by atoms with Crippen molar-refractivity contribution in [1.29, 1.82) is 0 Å². The lowest BCUT2D eigenvalue weighted by atomic mass is 10.1. The van der Waals surface area contributed by atoms with E-state index in [0.717, 1.165) is 18.2 Å². The van der Waals surface area contributed by atoms with E-state index in [4.69, 9.17) is 0 Å². The molecule has 0 aliphatic heterocycles. The fourth-order valence-corrected chi connectivity index (χ4v) is 1.11. The van der Waals surface area contributed by atoms with Crippen LogP contribution in [0.1, 0.15) is 23.7 Å². The minimum absolute atomic E-state index is 0.00634. The SMILES string of the molecule is CCC(=O)c1cc(OC(F)(F)F)ccc1F. The van der Waals surface area contributed by atoms with Crippen LogP contribution in [0.15, 0.2) is 18.2 Å². The number of hydrogen-bond acceptors (Lipinski definition) is 2. The molecule has 6 heteroatoms. The van der Waals surface area contributed by atoms with Gasteiger partial charge < -0.3 is 4.74 Å². The molecule has 16 heavy (non-hydrogen) atoms. The highest BCUT2D eigenvalue weighted by molar-refractivity contribution is 5.96. The number of carbonyl (C=O) groups is 1. The molecule has 0 aromatic heterocycles. The molecule has 0 fully saturated rings. The Morgan fingerprint density at radius 3 is 2.50 bits per heavy atom. The maximum Gasteiger partial charge on any atom is 0.573 e. The quantitative estimate of drug-likeness (QED) is 0.594. The van der Waals surface area contributed by atoms with Crippen molar-refractivity contribution in [2.75, 3.05) is 0 Å². The van der Waals surface area contributed by atoms with Crippen molar-refractivity contribution in [1.82, 2.24) is 0 Å². The molecule has 88 valence electrons. The topological polar surface area (TPSA) is 26.3 Å². The Bertz CT molecular complexity index is 398. The number of hydrogen-bond donors (Lipinski definition) is 0. The van der Waals surface area contributed by atoms with Gasteiger partial charge >= 0.3 is 6.36 Å². The molecule has 0 saturated carbocycles. The summed E-state index contributed by atoms with van der Waals surface area (Å²) in [6.07, 6.45) is -4.85. The van der Waals surface area contributed by atoms with Gasteiger partial charge in [0.2, 0.25) is 0 Å². The first-order chi connectivity index (χ1) is 7.33. The summed E-state index contributed by atoms with van der Waals surface area (Å²) in [7, 11) is 0. The Morgan fingerprint density at radius 2 is 2.00 bits per heavy atom. The average molecular weight is 236 g/mol. The molecule has 1 rings (SSSR count). The normalized spacial score (nSPS) is 11.3. The van der Waals surface area contributed by atoms with E-state index in [2.05, 4.69) is 4.74 Å². The molecular weight excluding hydrogens is 228 g/mol. The average Bonchev–Trinajstić information content (AvgIpc) is 2.18. The molecule has 0 N–H and O–H groups in total. The highest BCUT2D eigenvalue weighted by atomic mass is 19.4. The maximum atomic E-state index is 13.1. The first-order valence-electron chi connectivity index (χ1n) is 4.42. The van der Waals surface area contributed by atoms with Gasteiger partial charge in [-0.3, -0.25) is 4.79 Å². The Morgan fingerprint density at radius 1 is 1.38 bits per heavy atom. The number of halogens is 4. The highest BCUT2D eigenvalue weighted by Crippen LogP contribution is 2.25. The zero-order chi connectivity index (χ0) is 12.3. The zero-order valence-electron chi connectivity index (χ0n) is 8.27. The molecule has 0 aliphatic carbocycles. The number of carbonyl (C=O) groups excluding carboxylic acids is 1. The van der Waals surface area contributed by atoms with Crippen LogP contribution >= 0.6 is 0 Å². The number of rotatable bonds is 3. The van der Waals surface area contributed by atoms with E-state index < -0.39 is 29.3 Å². The van der Waals surface area contributed by atoms with Crippen LogP contribution in [0, 0.1) is 5.82 Å². The van der Waals surface area contributed by atoms with Crippen molar-refractivity contribution in [3.63, 3.8) is 0 Å². The smallest absolute Gasteiger partial charge is 0.406 e. The van der Waals surface area contributed by atoms with Crippen molar-refractivity contribution in [2.24, 2.45) is 0 Å². The molecule has 0 aliphatic rings. The van der Waals surface area contributed by atoms with E-state index in [1.807, 2.05) is 0 Å². The van der Waals surface area contributed by atoms with Gasteiger partial charge in [0.15, 0.2) is 5.78 Å². The fourth-order valence-electron chi connectivity index (χ4n) is 1.11. The summed E-state index contributed by atoms with van der Waals surface area (Å²) in [5.74, 6) is -2.04. The van der Waals surface area contributed by atoms with Gasteiger partial charge in [-0.2, -0.15) is 0 Å². The van der Waals surface area contributed by atoms with Crippen LogP contribution < -0.4 is 4.74 Å². The number of Topliss-reactive ketones (excluding diaryl/α,β-unsaturated/α-hetero) is 1. The Hall–Kier alpha value is -1.59. The Labute approximate surface area is 88.8 Å². The summed E-state index contributed by atoms with van der Waals surface area (Å²) in [6, 6.07) is 2.33. The molecule has 0 bridgehead atoms. The maximum absolute atomic E-state index is 13.1. The molecular formula is C10H8F4O2. The van der Waals surface area contributed by atoms with Crippen LogP contribution in [0.3, 0.4) is 0 Å². The molecule has 1 aromatic carbocycles. The Kier molecular flexibility index (Phi) is 3.51. The zero-order valence-corrected chi connectivity index (χ0v) is 8.27. The first kappa shape index (κ1) is 12.5. The van der Waals surface area contributed by atoms with Gasteiger partial charge in [-0.25, -0.2) is 4.39 Å². The minimum atomic E-state index is -4.86. The van der Waals surface area contributed by atoms with Gasteiger partial charge in [0.1, 0.15) is 11.6 Å². The van der Waals surface area contributed by atoms with Crippen LogP contribution in [0.4, 0.5) is 17.6 Å². The molecule has 0 unspecified atom stereocenters. The summed E-state index contributed by atoms with van der Waals surface area (Å²) < 4.78 is 52.2. The molecule has 0 spiro atoms. The predicted octanol–water partition coefficient (Wildman–Crippen LogP) is 3.32. The largest absolute Gasteiger partial charge is 0.573 e. The lowest BCUT2D eigenvalue weighted by molar-refractivity contribution is -0.274. The third-order valence-corrected chi connectivity index (χ3v) is 1.79. The van der Waals surface area contributed by atoms with Crippen molar-refractivity contribution >= 4 is 5.78 Å². The van der Waals surface area contributed by atoms with Gasteiger partial charge in [0.25, 0.3) is 0 Å². The lowest BCUT2D eigenvalue weighted by Crippen LogP contribution is -2.17. The lowest BCUT2D eigenvalue weighted by Gasteiger charge is -2.09. The number of benzene rings is 1. The summed E-state index contributed by atoms with van der Waals surface area (Å²) in [6.45, 7) is 1.49. The molecule has 0 atom stereocenters. The van der Waals surface area contributed by atoms with Crippen LogP contribution in [0.2, 0.25) is 0 Å². The van der Waals surface area contributed by atoms with Crippen molar-refractivity contribution in [2.45, 2.75) is 19.7 Å². The van der Waals surface area contributed by atoms with Gasteiger partial charge in [-0.05, 0) is 18.2 Å². The number of alkyl halides is 3. The Balaban J connectivity index is 3.03. The third-order valence-electron chi connectivity index (χ3n) is 1.79. The number of ether oxygens (including phenoxy) is 1. The van der Waals surface area contributed by atoms with Gasteiger partial charge in [0, 0.05) is 6.42 Å². The molecule has 2 nitrogen and oxygen atoms in total. The van der Waals surface area contributed by atoms with Gasteiger partial charge in [-0.1, -0.05) is 6.92 Å². The monoisotopic (exact) mass is 236 g/mol. The van der Waals surface area contributed by atoms with E-state index in [-0.39, 0.29) is 6.42 Å². The predicted molar refractivity (Wildman–Crippen MR) is 47.7 cm³/mol. The van der Waals surface area contributed by atoms with E-state index in [1.165, 1.54) is 6.92 Å². The van der Waals surface area contributed by atoms with E-state index in [0.29, 0.717) is 0 Å². The highest BCUT2D eigenvalue weighted by Gasteiger charge is 2.31. The van der Waals surface area contributed by atoms with Crippen molar-refractivity contribution in [3.8, 4) is 5.75 Å². The molecule has 0 saturated heterocycles. The second kappa shape index (κ2) is 4.51. The second-order valence-electron chi connectivity index (χ2n) is 2.97. The van der Waals surface area contributed by atoms with Crippen LogP contribution in [-0.4, -0.2) is 12.1 Å². The number of ketones is 1. The standard InChI is InChI=1S/C10H8F4O2/c1-2-9(15)7-5-6(3-4-8(7)11)16-10(12,13)14/h3-5H,2H2,1H3. The summed E-state index contributed by atoms with van der Waals surface area (Å²) in [5.41, 5.74) is -0.399. The van der Waals surface area contributed by atoms with E-state index in [1.54, 1.807) is 0 Å². The molecule has 1 aromatic rings. The third kappa shape index (κ3) is 3.22. The van der Waals surface area contributed by atoms with E-state index in [9.17, 15) is 22.4 Å². The molecule has 0 heterocycles. The van der Waals surface area contributed by atoms with Crippen LogP contribution in [-0.2, 0) is 0 Å². The fraction of sp³-hybridized carbons (Fsp3) is 0.300. The summed E-state index contributed by atoms with van der Waals surface area (Å²) in [5, 5.41) is 0. The van der Waals surface area contributed by atoms with Gasteiger partial charge in [0.05, 0.1) is 5.56 Å². The molecule has 0 amide bonds. The van der Waals surface area contributed by atoms with E-state index >= 15 is 0 Å². The summed E-state index contributed by atoms with van der Waals surface area (Å²) in [4.78, 5) is 11.2. The van der Waals surface area contributed by atoms with Gasteiger partial charge in [-0.15, -0.1) is 13.2 Å². The molecule has 0 radical (unpaired) electrons.